The van der Waals surface area contributed by atoms with Crippen LogP contribution in [-0.2, 0) is 11.3 Å². The van der Waals surface area contributed by atoms with E-state index in [1.54, 1.807) is 6.08 Å². The van der Waals surface area contributed by atoms with Crippen molar-refractivity contribution in [3.05, 3.63) is 72.6 Å². The summed E-state index contributed by atoms with van der Waals surface area (Å²) >= 11 is 0. The van der Waals surface area contributed by atoms with Gasteiger partial charge in [-0.25, -0.2) is 4.98 Å². The molecule has 1 amide bonds. The van der Waals surface area contributed by atoms with E-state index < -0.39 is 0 Å². The molecule has 4 rings (SSSR count). The summed E-state index contributed by atoms with van der Waals surface area (Å²) in [5.74, 6) is 2.23. The van der Waals surface area contributed by atoms with Gasteiger partial charge in [-0.05, 0) is 37.1 Å². The smallest absolute Gasteiger partial charge is 0.223 e. The van der Waals surface area contributed by atoms with Crippen LogP contribution in [0, 0.1) is 6.92 Å². The average molecular weight is 389 g/mol. The Bertz CT molecular complexity index is 1020. The van der Waals surface area contributed by atoms with E-state index in [0.717, 1.165) is 41.1 Å². The Morgan fingerprint density at radius 2 is 2.00 bits per heavy atom. The molecule has 1 atom stereocenters. The highest BCUT2D eigenvalue weighted by atomic mass is 16.5. The van der Waals surface area contributed by atoms with Gasteiger partial charge in [0.15, 0.2) is 0 Å². The van der Waals surface area contributed by atoms with E-state index in [0.29, 0.717) is 26.1 Å². The normalized spacial score (nSPS) is 16.5. The van der Waals surface area contributed by atoms with Gasteiger partial charge in [-0.2, -0.15) is 0 Å². The van der Waals surface area contributed by atoms with Crippen LogP contribution < -0.4 is 4.74 Å². The second kappa shape index (κ2) is 8.52. The molecule has 150 valence electrons. The summed E-state index contributed by atoms with van der Waals surface area (Å²) in [6, 6.07) is 16.3. The van der Waals surface area contributed by atoms with Crippen LogP contribution in [0.15, 0.2) is 61.2 Å². The van der Waals surface area contributed by atoms with Crippen LogP contribution in [0.5, 0.6) is 5.75 Å². The molecule has 1 saturated heterocycles. The molecule has 5 nitrogen and oxygen atoms in total. The highest BCUT2D eigenvalue weighted by Gasteiger charge is 2.33. The number of benzene rings is 2. The summed E-state index contributed by atoms with van der Waals surface area (Å²) in [7, 11) is 0. The van der Waals surface area contributed by atoms with Crippen molar-refractivity contribution in [2.75, 3.05) is 19.7 Å². The molecule has 0 bridgehead atoms. The monoisotopic (exact) mass is 389 g/mol. The van der Waals surface area contributed by atoms with Crippen LogP contribution in [0.4, 0.5) is 0 Å². The van der Waals surface area contributed by atoms with Gasteiger partial charge in [-0.3, -0.25) is 4.79 Å². The molecule has 0 aliphatic carbocycles. The van der Waals surface area contributed by atoms with Crippen LogP contribution in [-0.4, -0.2) is 40.1 Å². The third-order valence-corrected chi connectivity index (χ3v) is 5.49. The minimum atomic E-state index is 0.118. The van der Waals surface area contributed by atoms with Crippen LogP contribution in [0.2, 0.25) is 0 Å². The van der Waals surface area contributed by atoms with E-state index in [-0.39, 0.29) is 11.8 Å². The quantitative estimate of drug-likeness (QED) is 0.426. The molecule has 1 aliphatic rings. The number of hydrogen-bond donors (Lipinski definition) is 0. The fraction of sp³-hybridized carbons (Fsp3) is 0.333. The summed E-state index contributed by atoms with van der Waals surface area (Å²) in [6.07, 6.45) is 3.17. The first kappa shape index (κ1) is 19.2. The number of rotatable bonds is 8. The molecule has 29 heavy (non-hydrogen) atoms. The zero-order valence-electron chi connectivity index (χ0n) is 16.9. The predicted octanol–water partition coefficient (Wildman–Crippen LogP) is 4.32. The van der Waals surface area contributed by atoms with Gasteiger partial charge in [-0.15, -0.1) is 6.58 Å². The lowest BCUT2D eigenvalue weighted by Crippen LogP contribution is -2.25. The average Bonchev–Trinajstić information content (AvgIpc) is 3.27. The molecule has 1 fully saturated rings. The summed E-state index contributed by atoms with van der Waals surface area (Å²) in [5.41, 5.74) is 3.25. The van der Waals surface area contributed by atoms with Gasteiger partial charge < -0.3 is 14.2 Å². The van der Waals surface area contributed by atoms with Crippen molar-refractivity contribution in [3.63, 3.8) is 0 Å². The van der Waals surface area contributed by atoms with Crippen LogP contribution in [0.1, 0.15) is 30.1 Å². The molecule has 2 aromatic carbocycles. The first-order valence-corrected chi connectivity index (χ1v) is 10.2. The van der Waals surface area contributed by atoms with Gasteiger partial charge in [0.2, 0.25) is 5.91 Å². The Hall–Kier alpha value is -3.08. The Labute approximate surface area is 171 Å². The maximum absolute atomic E-state index is 12.3. The lowest BCUT2D eigenvalue weighted by molar-refractivity contribution is -0.127. The number of aryl methyl sites for hydroxylation is 2. The topological polar surface area (TPSA) is 47.4 Å². The fourth-order valence-corrected chi connectivity index (χ4v) is 4.04. The number of imidazole rings is 1. The third-order valence-electron chi connectivity index (χ3n) is 5.49. The zero-order valence-corrected chi connectivity index (χ0v) is 16.9. The van der Waals surface area contributed by atoms with Crippen molar-refractivity contribution in [1.29, 1.82) is 0 Å². The van der Waals surface area contributed by atoms with E-state index in [4.69, 9.17) is 9.72 Å². The first-order chi connectivity index (χ1) is 14.2. The standard InChI is InChI=1S/C24H27N3O2/c1-3-13-26-17-19(16-23(26)28)24-25-20-10-5-6-11-21(20)27(24)14-8-15-29-22-12-7-4-9-18(22)2/h3-7,9-12,19H,1,8,13-17H2,2H3/t19-/m0/s1. The van der Waals surface area contributed by atoms with Crippen LogP contribution >= 0.6 is 0 Å². The number of hydrogen-bond acceptors (Lipinski definition) is 3. The molecule has 0 saturated carbocycles. The van der Waals surface area contributed by atoms with Crippen LogP contribution in [0.3, 0.4) is 0 Å². The highest BCUT2D eigenvalue weighted by Crippen LogP contribution is 2.30. The lowest BCUT2D eigenvalue weighted by Gasteiger charge is -2.16. The zero-order chi connectivity index (χ0) is 20.2. The van der Waals surface area contributed by atoms with Crippen molar-refractivity contribution in [1.82, 2.24) is 14.5 Å². The van der Waals surface area contributed by atoms with Crippen molar-refractivity contribution < 1.29 is 9.53 Å². The van der Waals surface area contributed by atoms with E-state index >= 15 is 0 Å². The molecule has 3 aromatic rings. The number of para-hydroxylation sites is 3. The van der Waals surface area contributed by atoms with Gasteiger partial charge in [0.1, 0.15) is 11.6 Å². The number of nitrogens with zero attached hydrogens (tertiary/aromatic N) is 3. The Morgan fingerprint density at radius 3 is 2.83 bits per heavy atom. The van der Waals surface area contributed by atoms with Gasteiger partial charge >= 0.3 is 0 Å². The maximum Gasteiger partial charge on any atom is 0.223 e. The van der Waals surface area contributed by atoms with Gasteiger partial charge in [-0.1, -0.05) is 36.4 Å². The molecule has 5 heteroatoms. The number of ether oxygens (including phenoxy) is 1. The second-order valence-electron chi connectivity index (χ2n) is 7.57. The SMILES string of the molecule is C=CCN1C[C@@H](c2nc3ccccc3n2CCCOc2ccccc2C)CC1=O. The molecule has 0 spiro atoms. The number of carbonyl (C=O) groups is 1. The molecular formula is C24H27N3O2. The molecule has 0 radical (unpaired) electrons. The minimum absolute atomic E-state index is 0.118. The van der Waals surface area contributed by atoms with Gasteiger partial charge in [0.25, 0.3) is 0 Å². The minimum Gasteiger partial charge on any atom is -0.493 e. The van der Waals surface area contributed by atoms with Crippen molar-refractivity contribution in [2.45, 2.75) is 32.2 Å². The van der Waals surface area contributed by atoms with Crippen LogP contribution in [0.25, 0.3) is 11.0 Å². The highest BCUT2D eigenvalue weighted by molar-refractivity contribution is 5.81. The molecule has 0 unspecified atom stereocenters. The van der Waals surface area contributed by atoms with E-state index in [9.17, 15) is 4.79 Å². The third kappa shape index (κ3) is 4.04. The number of fused-ring (bicyclic) bond motifs is 1. The largest absolute Gasteiger partial charge is 0.493 e. The summed E-state index contributed by atoms with van der Waals surface area (Å²) in [5, 5.41) is 0. The first-order valence-electron chi connectivity index (χ1n) is 10.2. The van der Waals surface area contributed by atoms with Gasteiger partial charge in [0, 0.05) is 32.0 Å². The predicted molar refractivity (Wildman–Crippen MR) is 115 cm³/mol. The summed E-state index contributed by atoms with van der Waals surface area (Å²) in [6.45, 7) is 8.57. The van der Waals surface area contributed by atoms with E-state index in [1.165, 1.54) is 0 Å². The van der Waals surface area contributed by atoms with E-state index in [1.807, 2.05) is 41.3 Å². The molecule has 2 heterocycles. The Balaban J connectivity index is 1.50. The molecular weight excluding hydrogens is 362 g/mol. The summed E-state index contributed by atoms with van der Waals surface area (Å²) in [4.78, 5) is 19.1. The van der Waals surface area contributed by atoms with Crippen molar-refractivity contribution >= 4 is 16.9 Å². The molecule has 1 aliphatic heterocycles. The number of carbonyl (C=O) groups excluding carboxylic acids is 1. The number of likely N-dealkylation sites (tertiary alicyclic amines) is 1. The van der Waals surface area contributed by atoms with Crippen molar-refractivity contribution in [3.8, 4) is 5.75 Å². The van der Waals surface area contributed by atoms with E-state index in [2.05, 4.69) is 30.2 Å². The number of amides is 1. The lowest BCUT2D eigenvalue weighted by atomic mass is 10.1. The Morgan fingerprint density at radius 1 is 1.21 bits per heavy atom. The second-order valence-corrected chi connectivity index (χ2v) is 7.57. The van der Waals surface area contributed by atoms with Crippen molar-refractivity contribution in [2.24, 2.45) is 0 Å². The maximum atomic E-state index is 12.3. The van der Waals surface area contributed by atoms with Gasteiger partial charge in [0.05, 0.1) is 17.6 Å². The Kier molecular flexibility index (Phi) is 5.65. The molecule has 0 N–H and O–H groups in total. The number of aromatic nitrogens is 2. The molecule has 1 aromatic heterocycles. The fourth-order valence-electron chi connectivity index (χ4n) is 4.04. The summed E-state index contributed by atoms with van der Waals surface area (Å²) < 4.78 is 8.24.